The average molecular weight is 376 g/mol. The number of nitrogens with one attached hydrogen (secondary N) is 1. The second-order valence-electron chi connectivity index (χ2n) is 6.24. The number of ether oxygens (including phenoxy) is 2. The smallest absolute Gasteiger partial charge is 0.162 e. The lowest BCUT2D eigenvalue weighted by Gasteiger charge is -2.21. The molecule has 0 amide bonds. The van der Waals surface area contributed by atoms with Crippen molar-refractivity contribution >= 4 is 16.6 Å². The van der Waals surface area contributed by atoms with Crippen molar-refractivity contribution in [2.24, 2.45) is 0 Å². The zero-order valence-electron chi connectivity index (χ0n) is 15.5. The van der Waals surface area contributed by atoms with Gasteiger partial charge in [-0.2, -0.15) is 0 Å². The first-order valence-corrected chi connectivity index (χ1v) is 8.80. The highest BCUT2D eigenvalue weighted by atomic mass is 16.5. The summed E-state index contributed by atoms with van der Waals surface area (Å²) in [5.74, 6) is 2.03. The Balaban J connectivity index is 1.79. The fourth-order valence-electron chi connectivity index (χ4n) is 3.23. The van der Waals surface area contributed by atoms with Gasteiger partial charge in [0.2, 0.25) is 0 Å². The minimum absolute atomic E-state index is 0.118. The number of aromatic nitrogens is 1. The van der Waals surface area contributed by atoms with Crippen molar-refractivity contribution in [3.63, 3.8) is 0 Å². The molecule has 6 heteroatoms. The van der Waals surface area contributed by atoms with Crippen LogP contribution in [0.1, 0.15) is 17.4 Å². The Bertz CT molecular complexity index is 1090. The molecule has 4 aromatic rings. The summed E-state index contributed by atoms with van der Waals surface area (Å²) in [6.07, 6.45) is 3.27. The molecule has 2 N–H and O–H groups in total. The molecule has 28 heavy (non-hydrogen) atoms. The highest BCUT2D eigenvalue weighted by Gasteiger charge is 2.22. The third-order valence-electron chi connectivity index (χ3n) is 4.61. The summed E-state index contributed by atoms with van der Waals surface area (Å²) in [6.45, 7) is 0. The molecule has 142 valence electrons. The molecule has 6 nitrogen and oxygen atoms in total. The molecule has 0 fully saturated rings. The van der Waals surface area contributed by atoms with Crippen molar-refractivity contribution in [3.05, 3.63) is 78.4 Å². The van der Waals surface area contributed by atoms with Gasteiger partial charge in [0, 0.05) is 28.9 Å². The molecule has 2 heterocycles. The largest absolute Gasteiger partial charge is 0.505 e. The summed E-state index contributed by atoms with van der Waals surface area (Å²) in [5, 5.41) is 15.2. The first-order chi connectivity index (χ1) is 13.7. The molecule has 1 atom stereocenters. The SMILES string of the molecule is COc1ccc(NC(c2ccco2)c2ccc3cccnc3c2O)cc1OC. The number of phenols is 1. The van der Waals surface area contributed by atoms with Crippen molar-refractivity contribution in [1.82, 2.24) is 4.98 Å². The van der Waals surface area contributed by atoms with Crippen LogP contribution in [0.2, 0.25) is 0 Å². The van der Waals surface area contributed by atoms with Crippen LogP contribution in [0.4, 0.5) is 5.69 Å². The van der Waals surface area contributed by atoms with Gasteiger partial charge in [0.25, 0.3) is 0 Å². The molecule has 0 aliphatic carbocycles. The Morgan fingerprint density at radius 2 is 1.86 bits per heavy atom. The standard InChI is InChI=1S/C22H20N2O4/c1-26-17-10-8-15(13-19(17)27-2)24-21(18-6-4-12-28-18)16-9-7-14-5-3-11-23-20(14)22(16)25/h3-13,21,24-25H,1-2H3. The number of nitrogens with zero attached hydrogens (tertiary/aromatic N) is 1. The van der Waals surface area contributed by atoms with E-state index in [2.05, 4.69) is 10.3 Å². The molecule has 0 spiro atoms. The van der Waals surface area contributed by atoms with Gasteiger partial charge in [0.15, 0.2) is 11.5 Å². The number of benzene rings is 2. The van der Waals surface area contributed by atoms with Gasteiger partial charge in [0.05, 0.1) is 20.5 Å². The lowest BCUT2D eigenvalue weighted by atomic mass is 10.0. The van der Waals surface area contributed by atoms with Gasteiger partial charge in [-0.25, -0.2) is 0 Å². The molecular weight excluding hydrogens is 356 g/mol. The van der Waals surface area contributed by atoms with E-state index in [0.29, 0.717) is 28.3 Å². The Morgan fingerprint density at radius 3 is 2.61 bits per heavy atom. The first kappa shape index (κ1) is 17.7. The zero-order chi connectivity index (χ0) is 19.5. The average Bonchev–Trinajstić information content (AvgIpc) is 3.27. The van der Waals surface area contributed by atoms with Crippen LogP contribution in [0.5, 0.6) is 17.2 Å². The second-order valence-corrected chi connectivity index (χ2v) is 6.24. The molecule has 2 aromatic carbocycles. The number of aromatic hydroxyl groups is 1. The minimum atomic E-state index is -0.417. The van der Waals surface area contributed by atoms with E-state index < -0.39 is 6.04 Å². The van der Waals surface area contributed by atoms with E-state index >= 15 is 0 Å². The molecule has 0 bridgehead atoms. The lowest BCUT2D eigenvalue weighted by molar-refractivity contribution is 0.355. The summed E-state index contributed by atoms with van der Waals surface area (Å²) in [4.78, 5) is 4.32. The third kappa shape index (κ3) is 3.20. The molecule has 0 aliphatic rings. The number of methoxy groups -OCH3 is 2. The van der Waals surface area contributed by atoms with Gasteiger partial charge in [-0.15, -0.1) is 0 Å². The van der Waals surface area contributed by atoms with Crippen LogP contribution < -0.4 is 14.8 Å². The third-order valence-corrected chi connectivity index (χ3v) is 4.61. The molecule has 1 unspecified atom stereocenters. The van der Waals surface area contributed by atoms with E-state index in [1.54, 1.807) is 26.7 Å². The van der Waals surface area contributed by atoms with Crippen LogP contribution in [-0.4, -0.2) is 24.3 Å². The predicted molar refractivity (Wildman–Crippen MR) is 107 cm³/mol. The molecule has 0 aliphatic heterocycles. The maximum atomic E-state index is 10.9. The number of pyridine rings is 1. The highest BCUT2D eigenvalue weighted by Crippen LogP contribution is 2.38. The van der Waals surface area contributed by atoms with Crippen LogP contribution in [0.25, 0.3) is 10.9 Å². The topological polar surface area (TPSA) is 76.8 Å². The number of hydrogen-bond acceptors (Lipinski definition) is 6. The van der Waals surface area contributed by atoms with Crippen molar-refractivity contribution in [2.45, 2.75) is 6.04 Å². The summed E-state index contributed by atoms with van der Waals surface area (Å²) in [5.41, 5.74) is 2.00. The molecule has 0 radical (unpaired) electrons. The van der Waals surface area contributed by atoms with Crippen LogP contribution in [0.3, 0.4) is 0 Å². The van der Waals surface area contributed by atoms with E-state index in [1.165, 1.54) is 0 Å². The van der Waals surface area contributed by atoms with Crippen LogP contribution in [0.15, 0.2) is 71.5 Å². The van der Waals surface area contributed by atoms with Crippen molar-refractivity contribution in [2.75, 3.05) is 19.5 Å². The molecule has 0 saturated carbocycles. The normalized spacial score (nSPS) is 11.9. The van der Waals surface area contributed by atoms with E-state index in [4.69, 9.17) is 13.9 Å². The summed E-state index contributed by atoms with van der Waals surface area (Å²) in [6, 6.07) is 16.4. The number of fused-ring (bicyclic) bond motifs is 1. The number of anilines is 1. The number of hydrogen-bond donors (Lipinski definition) is 2. The molecular formula is C22H20N2O4. The van der Waals surface area contributed by atoms with Gasteiger partial charge in [-0.1, -0.05) is 18.2 Å². The Morgan fingerprint density at radius 1 is 1.00 bits per heavy atom. The molecule has 2 aromatic heterocycles. The van der Waals surface area contributed by atoms with Gasteiger partial charge in [-0.05, 0) is 30.3 Å². The maximum Gasteiger partial charge on any atom is 0.162 e. The van der Waals surface area contributed by atoms with Gasteiger partial charge in [-0.3, -0.25) is 4.98 Å². The fraction of sp³-hybridized carbons (Fsp3) is 0.136. The zero-order valence-corrected chi connectivity index (χ0v) is 15.5. The van der Waals surface area contributed by atoms with Crippen molar-refractivity contribution in [3.8, 4) is 17.2 Å². The van der Waals surface area contributed by atoms with E-state index in [1.807, 2.05) is 54.6 Å². The van der Waals surface area contributed by atoms with Crippen molar-refractivity contribution in [1.29, 1.82) is 0 Å². The number of rotatable bonds is 6. The number of phenolic OH excluding ortho intramolecular Hbond substituents is 1. The van der Waals surface area contributed by atoms with Gasteiger partial charge < -0.3 is 24.3 Å². The second kappa shape index (κ2) is 7.52. The van der Waals surface area contributed by atoms with E-state index in [0.717, 1.165) is 11.1 Å². The Labute approximate surface area is 162 Å². The molecule has 0 saturated heterocycles. The Hall–Kier alpha value is -3.67. The van der Waals surface area contributed by atoms with Crippen LogP contribution in [-0.2, 0) is 0 Å². The van der Waals surface area contributed by atoms with Crippen molar-refractivity contribution < 1.29 is 19.0 Å². The van der Waals surface area contributed by atoms with Gasteiger partial charge >= 0.3 is 0 Å². The van der Waals surface area contributed by atoms with Crippen LogP contribution >= 0.6 is 0 Å². The quantitative estimate of drug-likeness (QED) is 0.506. The summed E-state index contributed by atoms with van der Waals surface area (Å²) in [7, 11) is 3.18. The maximum absolute atomic E-state index is 10.9. The predicted octanol–water partition coefficient (Wildman–Crippen LogP) is 4.75. The summed E-state index contributed by atoms with van der Waals surface area (Å²) >= 11 is 0. The van der Waals surface area contributed by atoms with E-state index in [9.17, 15) is 5.11 Å². The molecule has 4 rings (SSSR count). The summed E-state index contributed by atoms with van der Waals surface area (Å²) < 4.78 is 16.3. The lowest BCUT2D eigenvalue weighted by Crippen LogP contribution is -2.12. The number of furan rings is 1. The van der Waals surface area contributed by atoms with Gasteiger partial charge in [0.1, 0.15) is 23.1 Å². The van der Waals surface area contributed by atoms with Crippen LogP contribution in [0, 0.1) is 0 Å². The first-order valence-electron chi connectivity index (χ1n) is 8.80. The fourth-order valence-corrected chi connectivity index (χ4v) is 3.23. The minimum Gasteiger partial charge on any atom is -0.505 e. The van der Waals surface area contributed by atoms with E-state index in [-0.39, 0.29) is 5.75 Å². The highest BCUT2D eigenvalue weighted by molar-refractivity contribution is 5.86. The monoisotopic (exact) mass is 376 g/mol. The Kier molecular flexibility index (Phi) is 4.76.